The predicted octanol–water partition coefficient (Wildman–Crippen LogP) is 9.11. The van der Waals surface area contributed by atoms with Crippen molar-refractivity contribution in [2.75, 3.05) is 7.11 Å². The third-order valence-electron chi connectivity index (χ3n) is 12.0. The van der Waals surface area contributed by atoms with Crippen LogP contribution in [0.4, 0.5) is 0 Å². The minimum atomic E-state index is -1.79. The molecule has 4 aliphatic rings. The Labute approximate surface area is 262 Å². The number of hydrogen-bond donors (Lipinski definition) is 0. The summed E-state index contributed by atoms with van der Waals surface area (Å²) in [5, 5.41) is 0. The number of esters is 1. The molecular weight excluding hydrogens is 573 g/mol. The Morgan fingerprint density at radius 3 is 2.00 bits per heavy atom. The number of methoxy groups -OCH3 is 1. The van der Waals surface area contributed by atoms with Gasteiger partial charge in [0.15, 0.2) is 25.0 Å². The van der Waals surface area contributed by atoms with Crippen molar-refractivity contribution in [3.8, 4) is 0 Å². The predicted molar refractivity (Wildman–Crippen MR) is 181 cm³/mol. The molecule has 0 N–H and O–H groups in total. The molecule has 0 aromatic rings. The Hall–Kier alpha value is 0.000649. The van der Waals surface area contributed by atoms with E-state index in [2.05, 4.69) is 79.7 Å². The standard InChI is InChI=1S/C34H66O5Si3/c1-23(14-17-31(35)36-4)26-15-16-27-32-28(22-30(34(26,27)3)39-42(11,12)13)33(2)19-18-25(37-40(5,6)7)20-24(33)21-29(32)38-41(8,9)10/h23-30,32H,14-22H2,1-13H3/t23-,24+,25-,26-,27+,28+,29-,30-,32+,33+,34-/m1/s1. The first-order chi connectivity index (χ1) is 19.2. The lowest BCUT2D eigenvalue weighted by Crippen LogP contribution is -2.64. The zero-order valence-corrected chi connectivity index (χ0v) is 32.6. The van der Waals surface area contributed by atoms with Crippen LogP contribution < -0.4 is 0 Å². The summed E-state index contributed by atoms with van der Waals surface area (Å²) >= 11 is 0. The lowest BCUT2D eigenvalue weighted by atomic mass is 9.43. The van der Waals surface area contributed by atoms with E-state index in [-0.39, 0.29) is 17.5 Å². The molecule has 11 atom stereocenters. The van der Waals surface area contributed by atoms with Gasteiger partial charge < -0.3 is 18.0 Å². The van der Waals surface area contributed by atoms with E-state index in [1.165, 1.54) is 52.1 Å². The van der Waals surface area contributed by atoms with Gasteiger partial charge in [-0.25, -0.2) is 0 Å². The van der Waals surface area contributed by atoms with E-state index in [4.69, 9.17) is 18.0 Å². The molecule has 244 valence electrons. The maximum atomic E-state index is 12.1. The largest absolute Gasteiger partial charge is 0.469 e. The minimum absolute atomic E-state index is 0.0799. The van der Waals surface area contributed by atoms with Crippen molar-refractivity contribution in [2.24, 2.45) is 46.3 Å². The van der Waals surface area contributed by atoms with Crippen LogP contribution in [0.15, 0.2) is 0 Å². The van der Waals surface area contributed by atoms with Crippen LogP contribution in [-0.4, -0.2) is 56.3 Å². The molecule has 0 aliphatic heterocycles. The molecule has 0 heterocycles. The number of hydrogen-bond acceptors (Lipinski definition) is 5. The van der Waals surface area contributed by atoms with Crippen LogP contribution in [-0.2, 0) is 22.8 Å². The minimum Gasteiger partial charge on any atom is -0.469 e. The van der Waals surface area contributed by atoms with Crippen LogP contribution in [0.2, 0.25) is 58.9 Å². The van der Waals surface area contributed by atoms with Gasteiger partial charge >= 0.3 is 5.97 Å². The van der Waals surface area contributed by atoms with E-state index < -0.39 is 25.0 Å². The zero-order valence-electron chi connectivity index (χ0n) is 29.6. The van der Waals surface area contributed by atoms with E-state index in [9.17, 15) is 4.79 Å². The normalized spacial score (nSPS) is 41.5. The smallest absolute Gasteiger partial charge is 0.305 e. The summed E-state index contributed by atoms with van der Waals surface area (Å²) in [6, 6.07) is 0. The van der Waals surface area contributed by atoms with Crippen molar-refractivity contribution < 1.29 is 22.8 Å². The number of ether oxygens (including phenoxy) is 1. The summed E-state index contributed by atoms with van der Waals surface area (Å²) in [6.45, 7) is 29.0. The molecule has 0 spiro atoms. The SMILES string of the molecule is COC(=O)CC[C@@H](C)[C@H]1CC[C@H]2[C@@H]3[C@H](O[Si](C)(C)C)C[C@@H]4C[C@H](O[Si](C)(C)C)CC[C@]4(C)[C@H]3C[C@@H](O[Si](C)(C)C)[C@]12C. The molecule has 0 saturated heterocycles. The molecule has 8 heteroatoms. The highest BCUT2D eigenvalue weighted by molar-refractivity contribution is 6.70. The van der Waals surface area contributed by atoms with Crippen LogP contribution in [0.1, 0.15) is 78.6 Å². The molecular formula is C34H66O5Si3. The fourth-order valence-corrected chi connectivity index (χ4v) is 14.1. The van der Waals surface area contributed by atoms with E-state index in [1.807, 2.05) is 0 Å². The molecule has 0 amide bonds. The lowest BCUT2D eigenvalue weighted by Gasteiger charge is -2.66. The van der Waals surface area contributed by atoms with Gasteiger partial charge in [0, 0.05) is 18.6 Å². The molecule has 5 nitrogen and oxygen atoms in total. The highest BCUT2D eigenvalue weighted by atomic mass is 28.4. The van der Waals surface area contributed by atoms with Gasteiger partial charge in [-0.1, -0.05) is 20.8 Å². The van der Waals surface area contributed by atoms with Crippen LogP contribution in [0.5, 0.6) is 0 Å². The highest BCUT2D eigenvalue weighted by Crippen LogP contribution is 2.69. The van der Waals surface area contributed by atoms with E-state index >= 15 is 0 Å². The van der Waals surface area contributed by atoms with Crippen molar-refractivity contribution in [1.82, 2.24) is 0 Å². The molecule has 0 aromatic carbocycles. The van der Waals surface area contributed by atoms with Crippen LogP contribution >= 0.6 is 0 Å². The molecule has 4 aliphatic carbocycles. The quantitative estimate of drug-likeness (QED) is 0.176. The fraction of sp³-hybridized carbons (Fsp3) is 0.971. The van der Waals surface area contributed by atoms with Crippen LogP contribution in [0.3, 0.4) is 0 Å². The molecule has 0 unspecified atom stereocenters. The van der Waals surface area contributed by atoms with Crippen LogP contribution in [0, 0.1) is 46.3 Å². The summed E-state index contributed by atoms with van der Waals surface area (Å²) in [5.74, 6) is 3.45. The monoisotopic (exact) mass is 638 g/mol. The summed E-state index contributed by atoms with van der Waals surface area (Å²) in [6.07, 6.45) is 11.0. The average molecular weight is 639 g/mol. The second-order valence-electron chi connectivity index (χ2n) is 18.2. The first kappa shape index (κ1) is 34.9. The highest BCUT2D eigenvalue weighted by Gasteiger charge is 2.67. The first-order valence-corrected chi connectivity index (χ1v) is 27.5. The Morgan fingerprint density at radius 1 is 0.810 bits per heavy atom. The first-order valence-electron chi connectivity index (χ1n) is 17.3. The molecule has 0 aromatic heterocycles. The van der Waals surface area contributed by atoms with Gasteiger partial charge in [0.25, 0.3) is 0 Å². The van der Waals surface area contributed by atoms with E-state index in [0.717, 1.165) is 6.42 Å². The zero-order chi connectivity index (χ0) is 31.5. The second kappa shape index (κ2) is 12.3. The van der Waals surface area contributed by atoms with Gasteiger partial charge in [-0.2, -0.15) is 0 Å². The lowest BCUT2D eigenvalue weighted by molar-refractivity contribution is -0.199. The molecule has 4 rings (SSSR count). The van der Waals surface area contributed by atoms with Crippen molar-refractivity contribution in [3.63, 3.8) is 0 Å². The number of fused-ring (bicyclic) bond motifs is 5. The Kier molecular flexibility index (Phi) is 10.2. The third-order valence-corrected chi connectivity index (χ3v) is 15.0. The molecule has 4 fully saturated rings. The van der Waals surface area contributed by atoms with Crippen molar-refractivity contribution in [2.45, 2.75) is 156 Å². The summed E-state index contributed by atoms with van der Waals surface area (Å²) in [5.41, 5.74) is 0.430. The summed E-state index contributed by atoms with van der Waals surface area (Å²) in [7, 11) is -3.61. The van der Waals surface area contributed by atoms with Gasteiger partial charge in [0.05, 0.1) is 13.2 Å². The Balaban J connectivity index is 1.72. The second-order valence-corrected chi connectivity index (χ2v) is 31.6. The van der Waals surface area contributed by atoms with Crippen molar-refractivity contribution in [1.29, 1.82) is 0 Å². The van der Waals surface area contributed by atoms with Gasteiger partial charge in [0.2, 0.25) is 0 Å². The van der Waals surface area contributed by atoms with Crippen LogP contribution in [0.25, 0.3) is 0 Å². The summed E-state index contributed by atoms with van der Waals surface area (Å²) in [4.78, 5) is 12.1. The number of carbonyl (C=O) groups is 1. The Morgan fingerprint density at radius 2 is 1.43 bits per heavy atom. The molecule has 42 heavy (non-hydrogen) atoms. The Bertz CT molecular complexity index is 954. The average Bonchev–Trinajstić information content (AvgIpc) is 3.19. The third kappa shape index (κ3) is 7.35. The molecule has 4 saturated carbocycles. The topological polar surface area (TPSA) is 54.0 Å². The van der Waals surface area contributed by atoms with Gasteiger partial charge in [0.1, 0.15) is 0 Å². The van der Waals surface area contributed by atoms with Crippen molar-refractivity contribution in [3.05, 3.63) is 0 Å². The van der Waals surface area contributed by atoms with E-state index in [1.54, 1.807) is 0 Å². The molecule has 0 bridgehead atoms. The van der Waals surface area contributed by atoms with Gasteiger partial charge in [-0.15, -0.1) is 0 Å². The molecule has 0 radical (unpaired) electrons. The van der Waals surface area contributed by atoms with Gasteiger partial charge in [-0.3, -0.25) is 4.79 Å². The summed E-state index contributed by atoms with van der Waals surface area (Å²) < 4.78 is 26.4. The van der Waals surface area contributed by atoms with Gasteiger partial charge in [-0.05, 0) is 157 Å². The number of carbonyl (C=O) groups excluding carboxylic acids is 1. The maximum absolute atomic E-state index is 12.1. The van der Waals surface area contributed by atoms with Crippen molar-refractivity contribution >= 4 is 30.9 Å². The number of rotatable bonds is 10. The fourth-order valence-electron chi connectivity index (χ4n) is 10.5. The van der Waals surface area contributed by atoms with E-state index in [0.29, 0.717) is 59.6 Å². The maximum Gasteiger partial charge on any atom is 0.305 e.